The maximum Gasteiger partial charge on any atom is 0.336 e. The molecule has 0 amide bonds. The molecular formula is C29H30N2O7. The average molecular weight is 519 g/mol. The highest BCUT2D eigenvalue weighted by Gasteiger charge is 2.42. The van der Waals surface area contributed by atoms with Crippen LogP contribution in [-0.4, -0.2) is 43.1 Å². The largest absolute Gasteiger partial charge is 0.496 e. The number of nitrogens with zero attached hydrogens (tertiary/aromatic N) is 1. The van der Waals surface area contributed by atoms with Gasteiger partial charge in [-0.15, -0.1) is 0 Å². The average Bonchev–Trinajstić information content (AvgIpc) is 3.44. The molecule has 198 valence electrons. The summed E-state index contributed by atoms with van der Waals surface area (Å²) < 4.78 is 16.8. The van der Waals surface area contributed by atoms with Crippen LogP contribution in [0.2, 0.25) is 0 Å². The maximum absolute atomic E-state index is 13.8. The number of nitro groups is 1. The van der Waals surface area contributed by atoms with E-state index in [1.54, 1.807) is 26.2 Å². The Labute approximate surface area is 220 Å². The van der Waals surface area contributed by atoms with Gasteiger partial charge in [0, 0.05) is 54.0 Å². The Hall–Kier alpha value is -3.98. The van der Waals surface area contributed by atoms with Crippen LogP contribution in [0.5, 0.6) is 5.75 Å². The lowest BCUT2D eigenvalue weighted by Gasteiger charge is -2.37. The van der Waals surface area contributed by atoms with Crippen molar-refractivity contribution < 1.29 is 28.7 Å². The van der Waals surface area contributed by atoms with E-state index < -0.39 is 16.8 Å². The molecule has 0 bridgehead atoms. The summed E-state index contributed by atoms with van der Waals surface area (Å²) >= 11 is 0. The van der Waals surface area contributed by atoms with Crippen LogP contribution in [0.3, 0.4) is 0 Å². The van der Waals surface area contributed by atoms with Crippen molar-refractivity contribution in [1.82, 2.24) is 5.32 Å². The Bertz CT molecular complexity index is 1340. The Balaban J connectivity index is 1.54. The summed E-state index contributed by atoms with van der Waals surface area (Å²) in [5, 5.41) is 14.9. The van der Waals surface area contributed by atoms with Crippen molar-refractivity contribution in [3.05, 3.63) is 92.3 Å². The van der Waals surface area contributed by atoms with E-state index in [-0.39, 0.29) is 42.1 Å². The second kappa shape index (κ2) is 10.8. The Kier molecular flexibility index (Phi) is 7.28. The molecule has 9 nitrogen and oxygen atoms in total. The van der Waals surface area contributed by atoms with E-state index in [1.807, 2.05) is 24.3 Å². The highest BCUT2D eigenvalue weighted by atomic mass is 16.6. The second-order valence-electron chi connectivity index (χ2n) is 9.84. The fourth-order valence-corrected chi connectivity index (χ4v) is 5.71. The van der Waals surface area contributed by atoms with Crippen molar-refractivity contribution in [3.63, 3.8) is 0 Å². The van der Waals surface area contributed by atoms with Crippen LogP contribution in [0, 0.1) is 10.1 Å². The van der Waals surface area contributed by atoms with Gasteiger partial charge < -0.3 is 19.5 Å². The van der Waals surface area contributed by atoms with Gasteiger partial charge in [0.1, 0.15) is 12.4 Å². The number of dihydropyridines is 1. The summed E-state index contributed by atoms with van der Waals surface area (Å²) in [4.78, 5) is 38.3. The van der Waals surface area contributed by atoms with Crippen LogP contribution in [0.15, 0.2) is 71.1 Å². The summed E-state index contributed by atoms with van der Waals surface area (Å²) in [6, 6.07) is 13.7. The summed E-state index contributed by atoms with van der Waals surface area (Å²) in [6.07, 6.45) is 2.34. The summed E-state index contributed by atoms with van der Waals surface area (Å²) in [5.74, 6) is -0.868. The number of esters is 1. The zero-order chi connectivity index (χ0) is 26.8. The monoisotopic (exact) mass is 518 g/mol. The normalized spacial score (nSPS) is 23.1. The lowest BCUT2D eigenvalue weighted by molar-refractivity contribution is -0.384. The number of ketones is 1. The molecule has 1 saturated heterocycles. The number of nitro benzene ring substituents is 1. The number of para-hydroxylation sites is 1. The van der Waals surface area contributed by atoms with E-state index in [0.717, 1.165) is 18.4 Å². The molecule has 0 unspecified atom stereocenters. The van der Waals surface area contributed by atoms with Crippen LogP contribution in [0.25, 0.3) is 0 Å². The van der Waals surface area contributed by atoms with Crippen LogP contribution in [-0.2, 0) is 19.1 Å². The summed E-state index contributed by atoms with van der Waals surface area (Å²) in [5.41, 5.74) is 3.33. The van der Waals surface area contributed by atoms with E-state index >= 15 is 0 Å². The molecule has 2 aromatic rings. The van der Waals surface area contributed by atoms with Gasteiger partial charge in [-0.3, -0.25) is 14.9 Å². The summed E-state index contributed by atoms with van der Waals surface area (Å²) in [6.45, 7) is 2.53. The number of hydrogen-bond acceptors (Lipinski definition) is 8. The maximum atomic E-state index is 13.8. The number of ether oxygens (including phenoxy) is 3. The van der Waals surface area contributed by atoms with Crippen molar-refractivity contribution in [2.75, 3.05) is 20.3 Å². The Morgan fingerprint density at radius 2 is 2.00 bits per heavy atom. The molecule has 9 heteroatoms. The van der Waals surface area contributed by atoms with Crippen molar-refractivity contribution >= 4 is 17.4 Å². The van der Waals surface area contributed by atoms with E-state index in [1.165, 1.54) is 12.1 Å². The van der Waals surface area contributed by atoms with Gasteiger partial charge in [-0.05, 0) is 43.4 Å². The SMILES string of the molecule is COc1ccccc1[C@@H]1CC(=O)C2=C(C1)NC(C)=C(C(=O)OC[C@H]1CCCO1)[C@H]2c1cccc([N+](=O)[O-])c1. The first kappa shape index (κ1) is 25.7. The minimum atomic E-state index is -0.783. The Morgan fingerprint density at radius 3 is 2.74 bits per heavy atom. The first-order valence-corrected chi connectivity index (χ1v) is 12.8. The van der Waals surface area contributed by atoms with Gasteiger partial charge in [-0.25, -0.2) is 4.79 Å². The molecule has 0 spiro atoms. The van der Waals surface area contributed by atoms with Gasteiger partial charge in [0.25, 0.3) is 5.69 Å². The fourth-order valence-electron chi connectivity index (χ4n) is 5.71. The number of Topliss-reactive ketones (excluding diaryl/α,β-unsaturated/α-hetero) is 1. The molecule has 1 fully saturated rings. The van der Waals surface area contributed by atoms with Crippen molar-refractivity contribution in [1.29, 1.82) is 0 Å². The lowest BCUT2D eigenvalue weighted by atomic mass is 9.71. The fraction of sp³-hybridized carbons (Fsp3) is 0.379. The van der Waals surface area contributed by atoms with E-state index in [4.69, 9.17) is 14.2 Å². The van der Waals surface area contributed by atoms with E-state index in [2.05, 4.69) is 5.32 Å². The Morgan fingerprint density at radius 1 is 1.18 bits per heavy atom. The standard InChI is InChI=1S/C29H30N2O7/c1-17-26(29(33)38-16-21-9-6-12-37-21)27(18-7-5-8-20(13-18)31(34)35)28-23(30-17)14-19(15-24(28)32)22-10-3-4-11-25(22)36-2/h3-5,7-8,10-11,13,19,21,27,30H,6,9,12,14-16H2,1-2H3/t19-,21+,27+/m0/s1. The van der Waals surface area contributed by atoms with Crippen molar-refractivity contribution in [2.24, 2.45) is 0 Å². The number of allylic oxidation sites excluding steroid dienone is 3. The molecule has 1 aliphatic carbocycles. The van der Waals surface area contributed by atoms with Crippen molar-refractivity contribution in [3.8, 4) is 5.75 Å². The van der Waals surface area contributed by atoms with E-state index in [9.17, 15) is 19.7 Å². The number of carbonyl (C=O) groups excluding carboxylic acids is 2. The lowest BCUT2D eigenvalue weighted by Crippen LogP contribution is -2.36. The third-order valence-corrected chi connectivity index (χ3v) is 7.46. The predicted octanol–water partition coefficient (Wildman–Crippen LogP) is 4.69. The van der Waals surface area contributed by atoms with Crippen molar-refractivity contribution in [2.45, 2.75) is 50.5 Å². The van der Waals surface area contributed by atoms with Gasteiger partial charge in [-0.2, -0.15) is 0 Å². The number of carbonyl (C=O) groups is 2. The van der Waals surface area contributed by atoms with Crippen LogP contribution < -0.4 is 10.1 Å². The quantitative estimate of drug-likeness (QED) is 0.319. The number of methoxy groups -OCH3 is 1. The zero-order valence-corrected chi connectivity index (χ0v) is 21.4. The molecule has 0 saturated carbocycles. The van der Waals surface area contributed by atoms with Gasteiger partial charge in [-0.1, -0.05) is 30.3 Å². The number of benzene rings is 2. The van der Waals surface area contributed by atoms with Crippen LogP contribution >= 0.6 is 0 Å². The third-order valence-electron chi connectivity index (χ3n) is 7.46. The first-order chi connectivity index (χ1) is 18.4. The number of rotatable bonds is 7. The molecule has 5 rings (SSSR count). The molecule has 1 N–H and O–H groups in total. The highest BCUT2D eigenvalue weighted by molar-refractivity contribution is 6.04. The smallest absolute Gasteiger partial charge is 0.336 e. The number of nitrogens with one attached hydrogen (secondary N) is 1. The molecule has 2 aromatic carbocycles. The third kappa shape index (κ3) is 4.93. The second-order valence-corrected chi connectivity index (χ2v) is 9.84. The van der Waals surface area contributed by atoms with E-state index in [0.29, 0.717) is 41.3 Å². The molecule has 0 radical (unpaired) electrons. The van der Waals surface area contributed by atoms with Crippen LogP contribution in [0.4, 0.5) is 5.69 Å². The minimum Gasteiger partial charge on any atom is -0.496 e. The molecule has 3 aliphatic rings. The first-order valence-electron chi connectivity index (χ1n) is 12.8. The van der Waals surface area contributed by atoms with Gasteiger partial charge >= 0.3 is 5.97 Å². The predicted molar refractivity (Wildman–Crippen MR) is 139 cm³/mol. The molecule has 38 heavy (non-hydrogen) atoms. The highest BCUT2D eigenvalue weighted by Crippen LogP contribution is 2.47. The van der Waals surface area contributed by atoms with Gasteiger partial charge in [0.05, 0.1) is 23.7 Å². The topological polar surface area (TPSA) is 117 Å². The molecule has 2 heterocycles. The number of hydrogen-bond donors (Lipinski definition) is 1. The minimum absolute atomic E-state index is 0.108. The zero-order valence-electron chi connectivity index (χ0n) is 21.4. The number of non-ortho nitro benzene ring substituents is 1. The van der Waals surface area contributed by atoms with Crippen LogP contribution in [0.1, 0.15) is 55.6 Å². The molecule has 0 aromatic heterocycles. The summed E-state index contributed by atoms with van der Waals surface area (Å²) in [7, 11) is 1.60. The molecular weight excluding hydrogens is 488 g/mol. The molecule has 2 aliphatic heterocycles. The van der Waals surface area contributed by atoms with Gasteiger partial charge in [0.15, 0.2) is 5.78 Å². The van der Waals surface area contributed by atoms with Gasteiger partial charge in [0.2, 0.25) is 0 Å². The molecule has 3 atom stereocenters.